The van der Waals surface area contributed by atoms with Crippen LogP contribution in [0.2, 0.25) is 0 Å². The van der Waals surface area contributed by atoms with E-state index in [0.29, 0.717) is 12.8 Å². The van der Waals surface area contributed by atoms with Crippen LogP contribution in [0.5, 0.6) is 0 Å². The highest BCUT2D eigenvalue weighted by atomic mass is 16.5. The largest absolute Gasteiger partial charge is 0.469 e. The minimum absolute atomic E-state index is 0.00102. The molecule has 86 valence electrons. The molecule has 15 heavy (non-hydrogen) atoms. The lowest BCUT2D eigenvalue weighted by Gasteiger charge is -2.17. The molecule has 0 aliphatic heterocycles. The number of hydrogen-bond acceptors (Lipinski definition) is 3. The van der Waals surface area contributed by atoms with E-state index >= 15 is 0 Å². The van der Waals surface area contributed by atoms with Crippen LogP contribution in [0.15, 0.2) is 12.2 Å². The minimum atomic E-state index is -0.310. The Bertz CT molecular complexity index is 243. The van der Waals surface area contributed by atoms with Crippen molar-refractivity contribution in [3.63, 3.8) is 0 Å². The molecule has 0 saturated carbocycles. The summed E-state index contributed by atoms with van der Waals surface area (Å²) >= 11 is 0. The van der Waals surface area contributed by atoms with Crippen LogP contribution in [0.4, 0.5) is 0 Å². The molecule has 0 heterocycles. The molecule has 0 aliphatic carbocycles. The Morgan fingerprint density at radius 3 is 2.40 bits per heavy atom. The number of hydrogen-bond donors (Lipinski definition) is 0. The Morgan fingerprint density at radius 1 is 1.40 bits per heavy atom. The normalized spacial score (nSPS) is 14.9. The molecule has 0 aromatic rings. The van der Waals surface area contributed by atoms with Crippen LogP contribution in [0.1, 0.15) is 33.6 Å². The summed E-state index contributed by atoms with van der Waals surface area (Å²) in [6.45, 7) is 5.58. The van der Waals surface area contributed by atoms with Gasteiger partial charge in [-0.05, 0) is 12.8 Å². The third-order valence-electron chi connectivity index (χ3n) is 2.43. The first-order chi connectivity index (χ1) is 7.06. The van der Waals surface area contributed by atoms with Gasteiger partial charge in [0, 0.05) is 12.8 Å². The Labute approximate surface area is 91.5 Å². The average Bonchev–Trinajstić information content (AvgIpc) is 2.24. The van der Waals surface area contributed by atoms with Crippen molar-refractivity contribution in [1.29, 1.82) is 0 Å². The standard InChI is InChI=1S/C12H20O3/c1-5-7-11(12(14)15-4)9(3)8-10(13)6-2/h5,7,9,11H,6,8H2,1-4H3/b7-5+/t9-,11+/m0/s1. The summed E-state index contributed by atoms with van der Waals surface area (Å²) in [5.41, 5.74) is 0. The second-order valence-electron chi connectivity index (χ2n) is 3.65. The summed E-state index contributed by atoms with van der Waals surface area (Å²) in [4.78, 5) is 22.7. The Kier molecular flexibility index (Phi) is 6.67. The second kappa shape index (κ2) is 7.21. The number of ether oxygens (including phenoxy) is 1. The zero-order valence-corrected chi connectivity index (χ0v) is 9.95. The van der Waals surface area contributed by atoms with Crippen molar-refractivity contribution in [2.45, 2.75) is 33.6 Å². The van der Waals surface area contributed by atoms with Gasteiger partial charge in [0.05, 0.1) is 13.0 Å². The van der Waals surface area contributed by atoms with E-state index in [9.17, 15) is 9.59 Å². The molecule has 0 rings (SSSR count). The van der Waals surface area contributed by atoms with E-state index in [0.717, 1.165) is 0 Å². The summed E-state index contributed by atoms with van der Waals surface area (Å²) in [5.74, 6) is -0.401. The van der Waals surface area contributed by atoms with E-state index in [4.69, 9.17) is 4.74 Å². The molecule has 0 bridgehead atoms. The van der Waals surface area contributed by atoms with Crippen molar-refractivity contribution in [3.8, 4) is 0 Å². The maximum atomic E-state index is 11.4. The number of Topliss-reactive ketones (excluding diaryl/α,β-unsaturated/α-hetero) is 1. The van der Waals surface area contributed by atoms with Gasteiger partial charge in [0.15, 0.2) is 0 Å². The van der Waals surface area contributed by atoms with Crippen LogP contribution in [-0.4, -0.2) is 18.9 Å². The predicted octanol–water partition coefficient (Wildman–Crippen LogP) is 2.36. The molecule has 0 aliphatic rings. The molecule has 0 N–H and O–H groups in total. The molecule has 0 spiro atoms. The topological polar surface area (TPSA) is 43.4 Å². The van der Waals surface area contributed by atoms with Gasteiger partial charge in [0.25, 0.3) is 0 Å². The highest BCUT2D eigenvalue weighted by Crippen LogP contribution is 2.19. The molecular weight excluding hydrogens is 192 g/mol. The molecule has 3 nitrogen and oxygen atoms in total. The van der Waals surface area contributed by atoms with Gasteiger partial charge in [-0.25, -0.2) is 0 Å². The number of rotatable bonds is 6. The number of methoxy groups -OCH3 is 1. The lowest BCUT2D eigenvalue weighted by Crippen LogP contribution is -2.23. The van der Waals surface area contributed by atoms with E-state index in [1.54, 1.807) is 6.08 Å². The van der Waals surface area contributed by atoms with E-state index in [2.05, 4.69) is 0 Å². The van der Waals surface area contributed by atoms with Crippen LogP contribution in [0.25, 0.3) is 0 Å². The maximum absolute atomic E-state index is 11.4. The van der Waals surface area contributed by atoms with Gasteiger partial charge in [-0.3, -0.25) is 9.59 Å². The first kappa shape index (κ1) is 13.9. The molecule has 0 saturated heterocycles. The van der Waals surface area contributed by atoms with Crippen LogP contribution in [-0.2, 0) is 14.3 Å². The lowest BCUT2D eigenvalue weighted by molar-refractivity contribution is -0.145. The van der Waals surface area contributed by atoms with Gasteiger partial charge in [0.2, 0.25) is 0 Å². The van der Waals surface area contributed by atoms with Crippen molar-refractivity contribution < 1.29 is 14.3 Å². The first-order valence-electron chi connectivity index (χ1n) is 5.29. The Morgan fingerprint density at radius 2 is 2.00 bits per heavy atom. The fourth-order valence-electron chi connectivity index (χ4n) is 1.47. The number of carbonyl (C=O) groups is 2. The third kappa shape index (κ3) is 4.77. The zero-order valence-electron chi connectivity index (χ0n) is 9.95. The van der Waals surface area contributed by atoms with E-state index < -0.39 is 0 Å². The summed E-state index contributed by atoms with van der Waals surface area (Å²) in [6, 6.07) is 0. The van der Waals surface area contributed by atoms with Crippen LogP contribution in [0, 0.1) is 11.8 Å². The number of carbonyl (C=O) groups excluding carboxylic acids is 2. The SMILES string of the molecule is C/C=C/[C@@H](C(=O)OC)[C@@H](C)CC(=O)CC. The second-order valence-corrected chi connectivity index (χ2v) is 3.65. The Hall–Kier alpha value is -1.12. The maximum Gasteiger partial charge on any atom is 0.312 e. The van der Waals surface area contributed by atoms with Crippen molar-refractivity contribution in [3.05, 3.63) is 12.2 Å². The van der Waals surface area contributed by atoms with E-state index in [-0.39, 0.29) is 23.6 Å². The van der Waals surface area contributed by atoms with Crippen molar-refractivity contribution in [1.82, 2.24) is 0 Å². The van der Waals surface area contributed by atoms with Crippen molar-refractivity contribution in [2.24, 2.45) is 11.8 Å². The Balaban J connectivity index is 4.48. The summed E-state index contributed by atoms with van der Waals surface area (Å²) < 4.78 is 4.70. The molecule has 0 radical (unpaired) electrons. The molecule has 3 heteroatoms. The summed E-state index contributed by atoms with van der Waals surface area (Å²) in [6.07, 6.45) is 4.56. The molecular formula is C12H20O3. The van der Waals surface area contributed by atoms with Crippen molar-refractivity contribution >= 4 is 11.8 Å². The third-order valence-corrected chi connectivity index (χ3v) is 2.43. The zero-order chi connectivity index (χ0) is 11.8. The number of esters is 1. The summed E-state index contributed by atoms with van der Waals surface area (Å²) in [7, 11) is 1.37. The fraction of sp³-hybridized carbons (Fsp3) is 0.667. The first-order valence-corrected chi connectivity index (χ1v) is 5.29. The van der Waals surface area contributed by atoms with Gasteiger partial charge in [-0.1, -0.05) is 26.0 Å². The molecule has 0 aromatic carbocycles. The smallest absolute Gasteiger partial charge is 0.312 e. The molecule has 2 atom stereocenters. The summed E-state index contributed by atoms with van der Waals surface area (Å²) in [5, 5.41) is 0. The van der Waals surface area contributed by atoms with Gasteiger partial charge < -0.3 is 4.74 Å². The van der Waals surface area contributed by atoms with Gasteiger partial charge >= 0.3 is 5.97 Å². The van der Waals surface area contributed by atoms with Crippen molar-refractivity contribution in [2.75, 3.05) is 7.11 Å². The van der Waals surface area contributed by atoms with Crippen LogP contribution >= 0.6 is 0 Å². The minimum Gasteiger partial charge on any atom is -0.469 e. The highest BCUT2D eigenvalue weighted by Gasteiger charge is 2.24. The molecule has 0 fully saturated rings. The molecule has 0 aromatic heterocycles. The highest BCUT2D eigenvalue weighted by molar-refractivity contribution is 5.80. The fourth-order valence-corrected chi connectivity index (χ4v) is 1.47. The van der Waals surface area contributed by atoms with Gasteiger partial charge in [0.1, 0.15) is 5.78 Å². The lowest BCUT2D eigenvalue weighted by atomic mass is 9.89. The monoisotopic (exact) mass is 212 g/mol. The van der Waals surface area contributed by atoms with E-state index in [1.165, 1.54) is 7.11 Å². The van der Waals surface area contributed by atoms with E-state index in [1.807, 2.05) is 26.8 Å². The number of ketones is 1. The van der Waals surface area contributed by atoms with Crippen LogP contribution in [0.3, 0.4) is 0 Å². The van der Waals surface area contributed by atoms with Crippen LogP contribution < -0.4 is 0 Å². The predicted molar refractivity (Wildman–Crippen MR) is 59.4 cm³/mol. The average molecular weight is 212 g/mol. The van der Waals surface area contributed by atoms with Gasteiger partial charge in [-0.2, -0.15) is 0 Å². The molecule has 0 unspecified atom stereocenters. The van der Waals surface area contributed by atoms with Gasteiger partial charge in [-0.15, -0.1) is 0 Å². The quantitative estimate of drug-likeness (QED) is 0.501. The number of allylic oxidation sites excluding steroid dienone is 1. The molecule has 0 amide bonds.